The molecule has 240 valence electrons. The van der Waals surface area contributed by atoms with Gasteiger partial charge in [-0.2, -0.15) is 12.6 Å². The van der Waals surface area contributed by atoms with Gasteiger partial charge in [0, 0.05) is 24.7 Å². The average molecular weight is 693 g/mol. The van der Waals surface area contributed by atoms with Crippen molar-refractivity contribution in [3.8, 4) is 0 Å². The molecule has 0 aliphatic carbocycles. The molecule has 40 heavy (non-hydrogen) atoms. The molecule has 0 spiro atoms. The molecule has 0 aromatic carbocycles. The third-order valence-electron chi connectivity index (χ3n) is 2.87. The lowest BCUT2D eigenvalue weighted by Gasteiger charge is -2.19. The largest absolute Gasteiger partial charge is 0.481 e. The molecule has 0 atom stereocenters. The number of esters is 1. The lowest BCUT2D eigenvalue weighted by molar-refractivity contribution is -0.155. The number of aliphatic carboxylic acids is 2. The van der Waals surface area contributed by atoms with E-state index in [1.807, 2.05) is 6.26 Å². The van der Waals surface area contributed by atoms with E-state index in [0.717, 1.165) is 28.6 Å². The average Bonchev–Trinajstić information content (AvgIpc) is 2.81. The van der Waals surface area contributed by atoms with Gasteiger partial charge >= 0.3 is 17.9 Å². The second-order valence-electron chi connectivity index (χ2n) is 7.83. The summed E-state index contributed by atoms with van der Waals surface area (Å²) < 4.78 is 39.7. The minimum Gasteiger partial charge on any atom is -0.481 e. The molecule has 0 amide bonds. The molecule has 18 heteroatoms. The molecule has 2 N–H and O–H groups in total. The van der Waals surface area contributed by atoms with Gasteiger partial charge in [0.15, 0.2) is 8.87 Å². The molecule has 0 heterocycles. The van der Waals surface area contributed by atoms with Crippen LogP contribution in [0.1, 0.15) is 47.0 Å². The summed E-state index contributed by atoms with van der Waals surface area (Å²) in [7, 11) is 1.51. The van der Waals surface area contributed by atoms with Gasteiger partial charge in [0.25, 0.3) is 0 Å². The number of thiol groups is 1. The quantitative estimate of drug-likeness (QED) is 0.0650. The Balaban J connectivity index is -0.000000225. The molecule has 0 aliphatic rings. The highest BCUT2D eigenvalue weighted by Crippen LogP contribution is 2.15. The molecular weight excluding hydrogens is 649 g/mol. The summed E-state index contributed by atoms with van der Waals surface area (Å²) in [6.45, 7) is 8.77. The minimum absolute atomic E-state index is 0.0772. The fraction of sp³-hybridized carbons (Fsp3) is 0.818. The van der Waals surface area contributed by atoms with Crippen LogP contribution in [0.25, 0.3) is 0 Å². The van der Waals surface area contributed by atoms with Crippen LogP contribution in [0.15, 0.2) is 0 Å². The van der Waals surface area contributed by atoms with Crippen LogP contribution >= 0.6 is 57.1 Å². The molecule has 0 unspecified atom stereocenters. The van der Waals surface area contributed by atoms with Gasteiger partial charge in [0.2, 0.25) is 5.12 Å². The number of hydrogen-bond acceptors (Lipinski definition) is 15. The monoisotopic (exact) mass is 692 g/mol. The van der Waals surface area contributed by atoms with Gasteiger partial charge in [-0.3, -0.25) is 19.2 Å². The van der Waals surface area contributed by atoms with Gasteiger partial charge in [-0.1, -0.05) is 21.6 Å². The van der Waals surface area contributed by atoms with Crippen LogP contribution in [0.2, 0.25) is 0 Å². The zero-order valence-corrected chi connectivity index (χ0v) is 29.0. The highest BCUT2D eigenvalue weighted by Gasteiger charge is 2.15. The number of ether oxygens (including phenoxy) is 3. The van der Waals surface area contributed by atoms with Crippen LogP contribution in [0.5, 0.6) is 0 Å². The Morgan fingerprint density at radius 3 is 1.68 bits per heavy atom. The number of carbonyl (C=O) groups is 4. The third-order valence-corrected chi connectivity index (χ3v) is 7.77. The van der Waals surface area contributed by atoms with Crippen molar-refractivity contribution >= 4 is 88.9 Å². The van der Waals surface area contributed by atoms with E-state index in [2.05, 4.69) is 12.6 Å². The van der Waals surface area contributed by atoms with Crippen molar-refractivity contribution in [1.29, 1.82) is 0 Å². The molecule has 0 radical (unpaired) electrons. The van der Waals surface area contributed by atoms with Crippen LogP contribution in [0, 0.1) is 0 Å². The van der Waals surface area contributed by atoms with E-state index in [-0.39, 0.29) is 43.6 Å². The summed E-state index contributed by atoms with van der Waals surface area (Å²) in [6, 6.07) is 0. The predicted molar refractivity (Wildman–Crippen MR) is 169 cm³/mol. The van der Waals surface area contributed by atoms with E-state index in [1.54, 1.807) is 42.4 Å². The lowest BCUT2D eigenvalue weighted by atomic mass is 10.2. The number of carboxylic acids is 2. The van der Waals surface area contributed by atoms with Crippen molar-refractivity contribution in [2.75, 3.05) is 63.3 Å². The Hall–Kier alpha value is -0.340. The zero-order chi connectivity index (χ0) is 32.0. The molecule has 0 fully saturated rings. The van der Waals surface area contributed by atoms with E-state index < -0.39 is 26.4 Å². The molecule has 0 aromatic heterocycles. The maximum atomic E-state index is 11.1. The molecular formula is C22H44O12S6. The topological polar surface area (TPSA) is 180 Å². The fourth-order valence-corrected chi connectivity index (χ4v) is 2.92. The Morgan fingerprint density at radius 1 is 0.850 bits per heavy atom. The maximum Gasteiger partial charge on any atom is 0.308 e. The lowest BCUT2D eigenvalue weighted by Crippen LogP contribution is -2.24. The first kappa shape index (κ1) is 46.6. The van der Waals surface area contributed by atoms with Crippen LogP contribution < -0.4 is 0 Å². The number of carboxylic acid groups (broad SMARTS) is 2. The van der Waals surface area contributed by atoms with Crippen molar-refractivity contribution in [1.82, 2.24) is 0 Å². The van der Waals surface area contributed by atoms with Gasteiger partial charge in [-0.15, -0.1) is 0 Å². The molecule has 0 aromatic rings. The zero-order valence-electron chi connectivity index (χ0n) is 24.0. The SMILES string of the molecule is CC(=O)SOCCC(=O)OC(C)(C)C.CSS(C)(=O)=O.CSSCCOCCC(=O)O.O=C(O)CCOCCS. The smallest absolute Gasteiger partial charge is 0.308 e. The summed E-state index contributed by atoms with van der Waals surface area (Å²) >= 11 is 4.62. The van der Waals surface area contributed by atoms with Crippen LogP contribution in [-0.2, 0) is 46.4 Å². The molecule has 0 rings (SSSR count). The number of rotatable bonds is 17. The first-order valence-electron chi connectivity index (χ1n) is 11.5. The van der Waals surface area contributed by atoms with Gasteiger partial charge in [0.1, 0.15) is 5.60 Å². The van der Waals surface area contributed by atoms with Crippen molar-refractivity contribution in [2.45, 2.75) is 52.6 Å². The molecule has 0 saturated carbocycles. The predicted octanol–water partition coefficient (Wildman–Crippen LogP) is 4.13. The van der Waals surface area contributed by atoms with Crippen molar-refractivity contribution in [3.05, 3.63) is 0 Å². The Kier molecular flexibility index (Phi) is 36.8. The Labute approximate surface area is 259 Å². The molecule has 0 aliphatic heterocycles. The molecule has 0 bridgehead atoms. The first-order valence-corrected chi connectivity index (χ1v) is 19.3. The molecule has 0 saturated heterocycles. The highest BCUT2D eigenvalue weighted by molar-refractivity contribution is 8.76. The van der Waals surface area contributed by atoms with Crippen LogP contribution in [0.4, 0.5) is 0 Å². The van der Waals surface area contributed by atoms with E-state index >= 15 is 0 Å². The third kappa shape index (κ3) is 61.6. The fourth-order valence-electron chi connectivity index (χ4n) is 1.41. The summed E-state index contributed by atoms with van der Waals surface area (Å²) in [6.07, 6.45) is 5.06. The van der Waals surface area contributed by atoms with Crippen molar-refractivity contribution in [3.63, 3.8) is 0 Å². The van der Waals surface area contributed by atoms with E-state index in [0.29, 0.717) is 25.6 Å². The van der Waals surface area contributed by atoms with Gasteiger partial charge in [-0.25, -0.2) is 8.42 Å². The maximum absolute atomic E-state index is 11.1. The normalized spacial score (nSPS) is 10.5. The summed E-state index contributed by atoms with van der Waals surface area (Å²) in [5, 5.41) is 16.2. The molecule has 12 nitrogen and oxygen atoms in total. The van der Waals surface area contributed by atoms with E-state index in [1.165, 1.54) is 19.4 Å². The van der Waals surface area contributed by atoms with Gasteiger partial charge in [-0.05, 0) is 44.1 Å². The van der Waals surface area contributed by atoms with Crippen molar-refractivity contribution < 1.29 is 56.2 Å². The van der Waals surface area contributed by atoms with Crippen LogP contribution in [-0.4, -0.2) is 111 Å². The summed E-state index contributed by atoms with van der Waals surface area (Å²) in [4.78, 5) is 41.4. The number of hydrogen-bond donors (Lipinski definition) is 3. The van der Waals surface area contributed by atoms with Gasteiger partial charge < -0.3 is 28.6 Å². The Bertz CT molecular complexity index is 758. The first-order chi connectivity index (χ1) is 18.4. The Morgan fingerprint density at radius 2 is 1.32 bits per heavy atom. The second-order valence-corrected chi connectivity index (χ2v) is 16.5. The highest BCUT2D eigenvalue weighted by atomic mass is 33.1. The van der Waals surface area contributed by atoms with Crippen molar-refractivity contribution in [2.24, 2.45) is 0 Å². The standard InChI is InChI=1S/C9H16O4S.C6H12O3S2.C5H10O3S.C2H6O2S2/c1-7(10)14-12-6-5-8(11)13-9(2,3)4;1-10-11-5-4-9-3-2-6(7)8;6-5(7)1-2-8-3-4-9;1-5-6(2,3)4/h5-6H2,1-4H3;2-5H2,1H3,(H,7,8);9H,1-4H2,(H,6,7);1-2H3. The summed E-state index contributed by atoms with van der Waals surface area (Å²) in [5.41, 5.74) is -0.467. The van der Waals surface area contributed by atoms with E-state index in [9.17, 15) is 27.6 Å². The summed E-state index contributed by atoms with van der Waals surface area (Å²) in [5.74, 6) is -0.390. The number of carbonyl (C=O) groups excluding carboxylic acids is 2. The van der Waals surface area contributed by atoms with Gasteiger partial charge in [0.05, 0.1) is 64.3 Å². The minimum atomic E-state index is -2.75. The van der Waals surface area contributed by atoms with Crippen LogP contribution in [0.3, 0.4) is 0 Å². The second kappa shape index (κ2) is 31.6. The van der Waals surface area contributed by atoms with E-state index in [4.69, 9.17) is 28.6 Å².